The standard InChI is InChI=1S/C24H19F4NO3/c1-2-31-23(30)22(18-13-14-20(19(25)15-18)32-24(26,27)28)29-21(16-9-5-3-6-10-16)17-11-7-4-8-12-17/h3-15,22H,2H2,1H3. The van der Waals surface area contributed by atoms with E-state index in [4.69, 9.17) is 4.74 Å². The normalized spacial score (nSPS) is 12.0. The zero-order valence-electron chi connectivity index (χ0n) is 17.0. The Bertz CT molecular complexity index is 1040. The Labute approximate surface area is 182 Å². The summed E-state index contributed by atoms with van der Waals surface area (Å²) in [5.74, 6) is -3.04. The Balaban J connectivity index is 2.11. The molecule has 0 aromatic heterocycles. The van der Waals surface area contributed by atoms with E-state index >= 15 is 0 Å². The minimum atomic E-state index is -5.05. The monoisotopic (exact) mass is 445 g/mol. The number of carbonyl (C=O) groups excluding carboxylic acids is 1. The van der Waals surface area contributed by atoms with Gasteiger partial charge in [0, 0.05) is 11.1 Å². The van der Waals surface area contributed by atoms with E-state index in [-0.39, 0.29) is 12.2 Å². The van der Waals surface area contributed by atoms with Gasteiger partial charge in [-0.3, -0.25) is 4.99 Å². The zero-order chi connectivity index (χ0) is 23.1. The van der Waals surface area contributed by atoms with Crippen LogP contribution in [0.5, 0.6) is 5.75 Å². The summed E-state index contributed by atoms with van der Waals surface area (Å²) in [6.45, 7) is 1.66. The lowest BCUT2D eigenvalue weighted by molar-refractivity contribution is -0.275. The first-order valence-electron chi connectivity index (χ1n) is 9.69. The number of aliphatic imine (C=N–C) groups is 1. The van der Waals surface area contributed by atoms with Crippen molar-refractivity contribution in [3.8, 4) is 5.75 Å². The first kappa shape index (κ1) is 23.0. The third kappa shape index (κ3) is 5.94. The molecule has 0 aliphatic carbocycles. The van der Waals surface area contributed by atoms with Crippen LogP contribution in [-0.4, -0.2) is 24.7 Å². The molecular formula is C24H19F4NO3. The highest BCUT2D eigenvalue weighted by atomic mass is 19.4. The van der Waals surface area contributed by atoms with Gasteiger partial charge < -0.3 is 9.47 Å². The SMILES string of the molecule is CCOC(=O)C(N=C(c1ccccc1)c1ccccc1)c1ccc(OC(F)(F)F)c(F)c1. The molecule has 0 fully saturated rings. The van der Waals surface area contributed by atoms with Gasteiger partial charge in [-0.2, -0.15) is 0 Å². The van der Waals surface area contributed by atoms with Gasteiger partial charge in [0.05, 0.1) is 12.3 Å². The number of rotatable bonds is 7. The molecule has 0 bridgehead atoms. The largest absolute Gasteiger partial charge is 0.573 e. The molecule has 166 valence electrons. The van der Waals surface area contributed by atoms with Crippen molar-refractivity contribution in [3.63, 3.8) is 0 Å². The maximum Gasteiger partial charge on any atom is 0.573 e. The predicted octanol–water partition coefficient (Wildman–Crippen LogP) is 5.87. The van der Waals surface area contributed by atoms with Crippen LogP contribution in [0.15, 0.2) is 83.9 Å². The van der Waals surface area contributed by atoms with Gasteiger partial charge >= 0.3 is 12.3 Å². The average molecular weight is 445 g/mol. The Morgan fingerprint density at radius 3 is 1.97 bits per heavy atom. The molecular weight excluding hydrogens is 426 g/mol. The first-order chi connectivity index (χ1) is 15.3. The van der Waals surface area contributed by atoms with Crippen molar-refractivity contribution < 1.29 is 31.8 Å². The zero-order valence-corrected chi connectivity index (χ0v) is 17.0. The maximum atomic E-state index is 14.3. The summed E-state index contributed by atoms with van der Waals surface area (Å²) in [4.78, 5) is 17.3. The third-order valence-electron chi connectivity index (χ3n) is 4.36. The van der Waals surface area contributed by atoms with Gasteiger partial charge in [0.15, 0.2) is 17.6 Å². The molecule has 0 heterocycles. The Hall–Kier alpha value is -3.68. The van der Waals surface area contributed by atoms with Gasteiger partial charge in [-0.1, -0.05) is 66.7 Å². The van der Waals surface area contributed by atoms with Crippen molar-refractivity contribution >= 4 is 11.7 Å². The minimum Gasteiger partial charge on any atom is -0.464 e. The summed E-state index contributed by atoms with van der Waals surface area (Å²) < 4.78 is 60.5. The molecule has 32 heavy (non-hydrogen) atoms. The molecule has 0 radical (unpaired) electrons. The molecule has 3 aromatic rings. The Morgan fingerprint density at radius 2 is 1.50 bits per heavy atom. The van der Waals surface area contributed by atoms with Crippen molar-refractivity contribution in [2.45, 2.75) is 19.3 Å². The van der Waals surface area contributed by atoms with Crippen LogP contribution in [0.3, 0.4) is 0 Å². The van der Waals surface area contributed by atoms with E-state index in [2.05, 4.69) is 9.73 Å². The van der Waals surface area contributed by atoms with Crippen LogP contribution < -0.4 is 4.74 Å². The molecule has 0 spiro atoms. The van der Waals surface area contributed by atoms with E-state index in [0.717, 1.165) is 18.2 Å². The van der Waals surface area contributed by atoms with Crippen LogP contribution in [-0.2, 0) is 9.53 Å². The molecule has 4 nitrogen and oxygen atoms in total. The van der Waals surface area contributed by atoms with E-state index in [0.29, 0.717) is 16.8 Å². The molecule has 0 saturated heterocycles. The second-order valence-electron chi connectivity index (χ2n) is 6.60. The van der Waals surface area contributed by atoms with E-state index in [1.807, 2.05) is 12.1 Å². The van der Waals surface area contributed by atoms with E-state index in [1.165, 1.54) is 0 Å². The highest BCUT2D eigenvalue weighted by Crippen LogP contribution is 2.30. The first-order valence-corrected chi connectivity index (χ1v) is 9.69. The van der Waals surface area contributed by atoms with Crippen LogP contribution >= 0.6 is 0 Å². The van der Waals surface area contributed by atoms with Crippen molar-refractivity contribution in [3.05, 3.63) is 101 Å². The van der Waals surface area contributed by atoms with Crippen molar-refractivity contribution in [2.24, 2.45) is 4.99 Å². The molecule has 0 saturated carbocycles. The number of carbonyl (C=O) groups is 1. The fourth-order valence-electron chi connectivity index (χ4n) is 3.02. The van der Waals surface area contributed by atoms with Gasteiger partial charge in [-0.05, 0) is 24.6 Å². The number of hydrogen-bond acceptors (Lipinski definition) is 4. The molecule has 1 unspecified atom stereocenters. The molecule has 0 aliphatic rings. The average Bonchev–Trinajstić information content (AvgIpc) is 2.76. The van der Waals surface area contributed by atoms with Gasteiger partial charge in [0.1, 0.15) is 0 Å². The van der Waals surface area contributed by atoms with E-state index in [1.54, 1.807) is 55.5 Å². The van der Waals surface area contributed by atoms with Crippen LogP contribution in [0.1, 0.15) is 29.7 Å². The van der Waals surface area contributed by atoms with Gasteiger partial charge in [0.25, 0.3) is 0 Å². The number of nitrogens with zero attached hydrogens (tertiary/aromatic N) is 1. The van der Waals surface area contributed by atoms with Gasteiger partial charge in [-0.15, -0.1) is 13.2 Å². The van der Waals surface area contributed by atoms with Gasteiger partial charge in [-0.25, -0.2) is 9.18 Å². The smallest absolute Gasteiger partial charge is 0.464 e. The summed E-state index contributed by atoms with van der Waals surface area (Å²) in [5, 5.41) is 0. The molecule has 0 N–H and O–H groups in total. The maximum absolute atomic E-state index is 14.3. The van der Waals surface area contributed by atoms with Crippen LogP contribution in [0.2, 0.25) is 0 Å². The quantitative estimate of drug-likeness (QED) is 0.260. The summed E-state index contributed by atoms with van der Waals surface area (Å²) >= 11 is 0. The van der Waals surface area contributed by atoms with Crippen LogP contribution in [0.25, 0.3) is 0 Å². The summed E-state index contributed by atoms with van der Waals surface area (Å²) in [6.07, 6.45) is -5.05. The number of ether oxygens (including phenoxy) is 2. The molecule has 0 aliphatic heterocycles. The number of hydrogen-bond donors (Lipinski definition) is 0. The van der Waals surface area contributed by atoms with Crippen molar-refractivity contribution in [1.29, 1.82) is 0 Å². The van der Waals surface area contributed by atoms with Crippen molar-refractivity contribution in [1.82, 2.24) is 0 Å². The lowest BCUT2D eigenvalue weighted by atomic mass is 10.0. The molecule has 3 rings (SSSR count). The number of benzene rings is 3. The highest BCUT2D eigenvalue weighted by molar-refractivity contribution is 6.13. The van der Waals surface area contributed by atoms with Crippen LogP contribution in [0, 0.1) is 5.82 Å². The lowest BCUT2D eigenvalue weighted by Gasteiger charge is -2.17. The number of halogens is 4. The number of esters is 1. The summed E-state index contributed by atoms with van der Waals surface area (Å²) in [7, 11) is 0. The van der Waals surface area contributed by atoms with Gasteiger partial charge in [0.2, 0.25) is 0 Å². The van der Waals surface area contributed by atoms with E-state index < -0.39 is 29.9 Å². The summed E-state index contributed by atoms with van der Waals surface area (Å²) in [6, 6.07) is 19.5. The topological polar surface area (TPSA) is 47.9 Å². The van der Waals surface area contributed by atoms with Crippen molar-refractivity contribution in [2.75, 3.05) is 6.61 Å². The molecule has 8 heteroatoms. The predicted molar refractivity (Wildman–Crippen MR) is 111 cm³/mol. The second kappa shape index (κ2) is 10.1. The Kier molecular flexibility index (Phi) is 7.25. The molecule has 0 amide bonds. The van der Waals surface area contributed by atoms with Crippen LogP contribution in [0.4, 0.5) is 17.6 Å². The third-order valence-corrected chi connectivity index (χ3v) is 4.36. The van der Waals surface area contributed by atoms with E-state index in [9.17, 15) is 22.4 Å². The number of alkyl halides is 3. The second-order valence-corrected chi connectivity index (χ2v) is 6.60. The summed E-state index contributed by atoms with van der Waals surface area (Å²) in [5.41, 5.74) is 1.87. The Morgan fingerprint density at radius 1 is 0.938 bits per heavy atom. The fraction of sp³-hybridized carbons (Fsp3) is 0.167. The minimum absolute atomic E-state index is 0.0276. The molecule has 1 atom stereocenters. The highest BCUT2D eigenvalue weighted by Gasteiger charge is 2.33. The fourth-order valence-corrected chi connectivity index (χ4v) is 3.02. The molecule has 3 aromatic carbocycles. The lowest BCUT2D eigenvalue weighted by Crippen LogP contribution is -2.19.